The number of rotatable bonds is 6. The first-order valence-corrected chi connectivity index (χ1v) is 9.23. The fourth-order valence-electron chi connectivity index (χ4n) is 3.63. The minimum absolute atomic E-state index is 0.135. The average molecular weight is 379 g/mol. The molecule has 4 N–H and O–H groups in total. The maximum atomic E-state index is 12.5. The monoisotopic (exact) mass is 378 g/mol. The van der Waals surface area contributed by atoms with E-state index in [1.54, 1.807) is 24.3 Å². The fraction of sp³-hybridized carbons (Fsp3) is 0.500. The lowest BCUT2D eigenvalue weighted by Gasteiger charge is -2.28. The van der Waals surface area contributed by atoms with Crippen LogP contribution in [-0.4, -0.2) is 36.0 Å². The molecule has 1 unspecified atom stereocenters. The van der Waals surface area contributed by atoms with Gasteiger partial charge in [-0.25, -0.2) is 9.69 Å². The average Bonchev–Trinajstić information content (AvgIpc) is 3.19. The summed E-state index contributed by atoms with van der Waals surface area (Å²) in [6.07, 6.45) is 4.31. The Balaban J connectivity index is 1.57. The number of halogens is 1. The summed E-state index contributed by atoms with van der Waals surface area (Å²) in [5, 5.41) is 6.19. The van der Waals surface area contributed by atoms with Gasteiger partial charge in [-0.15, -0.1) is 0 Å². The van der Waals surface area contributed by atoms with Crippen molar-refractivity contribution in [2.75, 3.05) is 11.4 Å². The molecule has 0 bridgehead atoms. The minimum Gasteiger partial charge on any atom is -0.349 e. The molecule has 1 saturated carbocycles. The number of nitrogens with two attached hydrogens (primary N) is 1. The van der Waals surface area contributed by atoms with Crippen LogP contribution in [0.3, 0.4) is 0 Å². The highest BCUT2D eigenvalue weighted by Gasteiger charge is 2.39. The zero-order chi connectivity index (χ0) is 18.7. The molecule has 140 valence electrons. The second-order valence-corrected chi connectivity index (χ2v) is 7.37. The van der Waals surface area contributed by atoms with Crippen LogP contribution in [0.2, 0.25) is 5.02 Å². The Kier molecular flexibility index (Phi) is 5.48. The molecule has 1 atom stereocenters. The SMILES string of the molecule is NCC1(NC(=O)CCC2NC(=O)N(c3ccc(Cl)cc3)C2=O)CCCC1. The molecule has 8 heteroatoms. The second kappa shape index (κ2) is 7.63. The van der Waals surface area contributed by atoms with E-state index >= 15 is 0 Å². The molecular weight excluding hydrogens is 356 g/mol. The molecule has 1 aliphatic carbocycles. The Morgan fingerprint density at radius 1 is 1.27 bits per heavy atom. The predicted molar refractivity (Wildman–Crippen MR) is 98.9 cm³/mol. The molecular formula is C18H23ClN4O3. The third kappa shape index (κ3) is 3.83. The van der Waals surface area contributed by atoms with Gasteiger partial charge >= 0.3 is 6.03 Å². The Bertz CT molecular complexity index is 701. The van der Waals surface area contributed by atoms with Crippen molar-refractivity contribution >= 4 is 35.1 Å². The predicted octanol–water partition coefficient (Wildman–Crippen LogP) is 1.93. The largest absolute Gasteiger partial charge is 0.349 e. The van der Waals surface area contributed by atoms with E-state index in [9.17, 15) is 14.4 Å². The van der Waals surface area contributed by atoms with Crippen molar-refractivity contribution in [3.63, 3.8) is 0 Å². The zero-order valence-corrected chi connectivity index (χ0v) is 15.2. The molecule has 1 aliphatic heterocycles. The summed E-state index contributed by atoms with van der Waals surface area (Å²) < 4.78 is 0. The van der Waals surface area contributed by atoms with Crippen molar-refractivity contribution in [1.82, 2.24) is 10.6 Å². The van der Waals surface area contributed by atoms with Gasteiger partial charge in [0.05, 0.1) is 11.2 Å². The standard InChI is InChI=1S/C18H23ClN4O3/c19-12-3-5-13(6-4-12)23-16(25)14(21-17(23)26)7-8-15(24)22-18(11-20)9-1-2-10-18/h3-6,14H,1-2,7-11,20H2,(H,21,26)(H,22,24). The smallest absolute Gasteiger partial charge is 0.329 e. The first kappa shape index (κ1) is 18.7. The van der Waals surface area contributed by atoms with Crippen LogP contribution in [0.15, 0.2) is 24.3 Å². The summed E-state index contributed by atoms with van der Waals surface area (Å²) >= 11 is 5.84. The molecule has 0 radical (unpaired) electrons. The van der Waals surface area contributed by atoms with Gasteiger partial charge in [0.15, 0.2) is 0 Å². The van der Waals surface area contributed by atoms with Gasteiger partial charge in [0.2, 0.25) is 5.91 Å². The topological polar surface area (TPSA) is 105 Å². The number of hydrogen-bond donors (Lipinski definition) is 3. The lowest BCUT2D eigenvalue weighted by Crippen LogP contribution is -2.51. The molecule has 7 nitrogen and oxygen atoms in total. The number of carbonyl (C=O) groups is 3. The zero-order valence-electron chi connectivity index (χ0n) is 14.5. The van der Waals surface area contributed by atoms with Crippen LogP contribution in [0.5, 0.6) is 0 Å². The minimum atomic E-state index is -0.707. The molecule has 2 aliphatic rings. The highest BCUT2D eigenvalue weighted by Crippen LogP contribution is 2.29. The van der Waals surface area contributed by atoms with Gasteiger partial charge in [0.1, 0.15) is 6.04 Å². The van der Waals surface area contributed by atoms with Crippen LogP contribution >= 0.6 is 11.6 Å². The van der Waals surface area contributed by atoms with E-state index < -0.39 is 12.1 Å². The van der Waals surface area contributed by atoms with Gasteiger partial charge in [0, 0.05) is 18.0 Å². The number of benzene rings is 1. The summed E-state index contributed by atoms with van der Waals surface area (Å²) in [6, 6.07) is 5.26. The summed E-state index contributed by atoms with van der Waals surface area (Å²) in [5.74, 6) is -0.496. The Hall–Kier alpha value is -2.12. The number of carbonyl (C=O) groups excluding carboxylic acids is 3. The molecule has 0 aromatic heterocycles. The fourth-order valence-corrected chi connectivity index (χ4v) is 3.75. The van der Waals surface area contributed by atoms with E-state index in [1.165, 1.54) is 0 Å². The molecule has 0 spiro atoms. The number of amides is 4. The quantitative estimate of drug-likeness (QED) is 0.658. The number of imide groups is 1. The third-order valence-corrected chi connectivity index (χ3v) is 5.37. The van der Waals surface area contributed by atoms with Gasteiger partial charge in [-0.2, -0.15) is 0 Å². The van der Waals surface area contributed by atoms with Crippen LogP contribution in [0.25, 0.3) is 0 Å². The van der Waals surface area contributed by atoms with Crippen LogP contribution in [-0.2, 0) is 9.59 Å². The summed E-state index contributed by atoms with van der Waals surface area (Å²) in [7, 11) is 0. The van der Waals surface area contributed by atoms with E-state index in [0.717, 1.165) is 30.6 Å². The maximum Gasteiger partial charge on any atom is 0.329 e. The number of urea groups is 1. The molecule has 2 fully saturated rings. The molecule has 4 amide bonds. The normalized spacial score (nSPS) is 21.8. The summed E-state index contributed by atoms with van der Waals surface area (Å²) in [6.45, 7) is 0.419. The van der Waals surface area contributed by atoms with E-state index in [1.807, 2.05) is 0 Å². The van der Waals surface area contributed by atoms with Crippen LogP contribution in [0.1, 0.15) is 38.5 Å². The highest BCUT2D eigenvalue weighted by molar-refractivity contribution is 6.30. The van der Waals surface area contributed by atoms with Crippen LogP contribution in [0, 0.1) is 0 Å². The molecule has 1 saturated heterocycles. The van der Waals surface area contributed by atoms with Crippen molar-refractivity contribution in [1.29, 1.82) is 0 Å². The Labute approximate surface area is 157 Å². The van der Waals surface area contributed by atoms with Crippen molar-refractivity contribution in [2.45, 2.75) is 50.1 Å². The second-order valence-electron chi connectivity index (χ2n) is 6.93. The van der Waals surface area contributed by atoms with Crippen molar-refractivity contribution in [2.24, 2.45) is 5.73 Å². The molecule has 1 heterocycles. The Morgan fingerprint density at radius 2 is 1.92 bits per heavy atom. The molecule has 1 aromatic rings. The maximum absolute atomic E-state index is 12.5. The van der Waals surface area contributed by atoms with Gasteiger partial charge < -0.3 is 16.4 Å². The lowest BCUT2D eigenvalue weighted by molar-refractivity contribution is -0.123. The highest BCUT2D eigenvalue weighted by atomic mass is 35.5. The lowest BCUT2D eigenvalue weighted by atomic mass is 9.97. The summed E-state index contributed by atoms with van der Waals surface area (Å²) in [4.78, 5) is 38.0. The van der Waals surface area contributed by atoms with E-state index in [2.05, 4.69) is 10.6 Å². The molecule has 1 aromatic carbocycles. The third-order valence-electron chi connectivity index (χ3n) is 5.12. The van der Waals surface area contributed by atoms with Crippen LogP contribution < -0.4 is 21.3 Å². The molecule has 3 rings (SSSR count). The summed E-state index contributed by atoms with van der Waals surface area (Å²) in [5.41, 5.74) is 5.97. The first-order chi connectivity index (χ1) is 12.4. The number of nitrogens with one attached hydrogen (secondary N) is 2. The number of nitrogens with zero attached hydrogens (tertiary/aromatic N) is 1. The van der Waals surface area contributed by atoms with Gasteiger partial charge in [-0.3, -0.25) is 9.59 Å². The van der Waals surface area contributed by atoms with Crippen LogP contribution in [0.4, 0.5) is 10.5 Å². The number of anilines is 1. The van der Waals surface area contributed by atoms with E-state index in [4.69, 9.17) is 17.3 Å². The molecule has 26 heavy (non-hydrogen) atoms. The van der Waals surface area contributed by atoms with Crippen molar-refractivity contribution in [3.05, 3.63) is 29.3 Å². The van der Waals surface area contributed by atoms with Gasteiger partial charge in [-0.05, 0) is 43.5 Å². The first-order valence-electron chi connectivity index (χ1n) is 8.85. The Morgan fingerprint density at radius 3 is 2.54 bits per heavy atom. The number of hydrogen-bond acceptors (Lipinski definition) is 4. The van der Waals surface area contributed by atoms with Crippen molar-refractivity contribution < 1.29 is 14.4 Å². The van der Waals surface area contributed by atoms with Gasteiger partial charge in [-0.1, -0.05) is 24.4 Å². The van der Waals surface area contributed by atoms with Gasteiger partial charge in [0.25, 0.3) is 5.91 Å². The van der Waals surface area contributed by atoms with Crippen molar-refractivity contribution in [3.8, 4) is 0 Å². The van der Waals surface area contributed by atoms with E-state index in [0.29, 0.717) is 17.3 Å². The van der Waals surface area contributed by atoms with E-state index in [-0.39, 0.29) is 30.2 Å².